The number of rotatable bonds is 3. The summed E-state index contributed by atoms with van der Waals surface area (Å²) in [5.74, 6) is 0.175. The van der Waals surface area contributed by atoms with E-state index in [-0.39, 0.29) is 11.8 Å². The molecule has 1 aliphatic carbocycles. The molecule has 2 nitrogen and oxygen atoms in total. The van der Waals surface area contributed by atoms with Crippen LogP contribution >= 0.6 is 0 Å². The molecule has 1 atom stereocenters. The highest BCUT2D eigenvalue weighted by atomic mass is 16.1. The summed E-state index contributed by atoms with van der Waals surface area (Å²) >= 11 is 0. The van der Waals surface area contributed by atoms with Crippen molar-refractivity contribution < 1.29 is 4.79 Å². The molecule has 0 aromatic heterocycles. The van der Waals surface area contributed by atoms with Crippen molar-refractivity contribution in [2.45, 2.75) is 25.3 Å². The third kappa shape index (κ3) is 2.53. The fraction of sp³-hybridized carbons (Fsp3) is 0.235. The van der Waals surface area contributed by atoms with E-state index in [1.165, 1.54) is 11.1 Å². The van der Waals surface area contributed by atoms with Gasteiger partial charge in [0, 0.05) is 6.54 Å². The van der Waals surface area contributed by atoms with E-state index in [0.717, 1.165) is 18.4 Å². The zero-order valence-electron chi connectivity index (χ0n) is 10.8. The quantitative estimate of drug-likeness (QED) is 0.892. The number of carbonyl (C=O) groups is 1. The molecule has 2 heteroatoms. The van der Waals surface area contributed by atoms with Gasteiger partial charge >= 0.3 is 0 Å². The number of hydrogen-bond donors (Lipinski definition) is 1. The van der Waals surface area contributed by atoms with Gasteiger partial charge in [0.25, 0.3) is 0 Å². The molecular weight excluding hydrogens is 234 g/mol. The highest BCUT2D eigenvalue weighted by molar-refractivity contribution is 5.84. The summed E-state index contributed by atoms with van der Waals surface area (Å²) in [6.07, 6.45) is 1.94. The first-order valence-corrected chi connectivity index (χ1v) is 6.74. The first-order valence-electron chi connectivity index (χ1n) is 6.74. The second-order valence-electron chi connectivity index (χ2n) is 4.99. The van der Waals surface area contributed by atoms with Crippen molar-refractivity contribution in [1.82, 2.24) is 5.32 Å². The van der Waals surface area contributed by atoms with Gasteiger partial charge in [-0.05, 0) is 29.5 Å². The molecular formula is C17H17NO. The Hall–Kier alpha value is -2.09. The van der Waals surface area contributed by atoms with E-state index in [9.17, 15) is 4.79 Å². The fourth-order valence-electron chi connectivity index (χ4n) is 2.74. The Morgan fingerprint density at radius 2 is 1.79 bits per heavy atom. The minimum atomic E-state index is 0.0277. The SMILES string of the molecule is O=C(NCc1ccccc1)C1CCc2ccccc21. The molecule has 0 heterocycles. The smallest absolute Gasteiger partial charge is 0.227 e. The van der Waals surface area contributed by atoms with Crippen LogP contribution in [0.25, 0.3) is 0 Å². The summed E-state index contributed by atoms with van der Waals surface area (Å²) in [6, 6.07) is 18.3. The minimum Gasteiger partial charge on any atom is -0.351 e. The van der Waals surface area contributed by atoms with Gasteiger partial charge in [-0.25, -0.2) is 0 Å². The van der Waals surface area contributed by atoms with E-state index in [1.54, 1.807) is 0 Å². The maximum absolute atomic E-state index is 12.3. The van der Waals surface area contributed by atoms with Crippen LogP contribution in [0, 0.1) is 0 Å². The average molecular weight is 251 g/mol. The number of amides is 1. The lowest BCUT2D eigenvalue weighted by Crippen LogP contribution is -2.27. The van der Waals surface area contributed by atoms with E-state index < -0.39 is 0 Å². The van der Waals surface area contributed by atoms with Gasteiger partial charge in [-0.15, -0.1) is 0 Å². The molecule has 1 N–H and O–H groups in total. The molecule has 0 bridgehead atoms. The van der Waals surface area contributed by atoms with Crippen molar-refractivity contribution in [3.63, 3.8) is 0 Å². The van der Waals surface area contributed by atoms with E-state index >= 15 is 0 Å². The fourth-order valence-corrected chi connectivity index (χ4v) is 2.74. The predicted molar refractivity (Wildman–Crippen MR) is 75.8 cm³/mol. The first kappa shape index (κ1) is 12.0. The van der Waals surface area contributed by atoms with Gasteiger partial charge in [0.15, 0.2) is 0 Å². The molecule has 0 saturated heterocycles. The van der Waals surface area contributed by atoms with E-state index in [4.69, 9.17) is 0 Å². The summed E-state index contributed by atoms with van der Waals surface area (Å²) in [5, 5.41) is 3.04. The second-order valence-corrected chi connectivity index (χ2v) is 4.99. The predicted octanol–water partition coefficient (Wildman–Crippen LogP) is 3.03. The molecule has 1 unspecified atom stereocenters. The maximum Gasteiger partial charge on any atom is 0.227 e. The maximum atomic E-state index is 12.3. The first-order chi connectivity index (χ1) is 9.34. The number of aryl methyl sites for hydroxylation is 1. The van der Waals surface area contributed by atoms with Crippen LogP contribution in [0.15, 0.2) is 54.6 Å². The zero-order chi connectivity index (χ0) is 13.1. The Balaban J connectivity index is 1.66. The van der Waals surface area contributed by atoms with E-state index in [0.29, 0.717) is 6.54 Å². The molecule has 0 saturated carbocycles. The summed E-state index contributed by atoms with van der Waals surface area (Å²) in [5.41, 5.74) is 3.66. The average Bonchev–Trinajstić information content (AvgIpc) is 2.90. The standard InChI is InChI=1S/C17H17NO/c19-17(18-12-13-6-2-1-3-7-13)16-11-10-14-8-4-5-9-15(14)16/h1-9,16H,10-12H2,(H,18,19). The summed E-state index contributed by atoms with van der Waals surface area (Å²) in [6.45, 7) is 0.609. The zero-order valence-corrected chi connectivity index (χ0v) is 10.8. The molecule has 1 aliphatic rings. The largest absolute Gasteiger partial charge is 0.351 e. The normalized spacial score (nSPS) is 16.9. The van der Waals surface area contributed by atoms with Crippen molar-refractivity contribution in [3.05, 3.63) is 71.3 Å². The van der Waals surface area contributed by atoms with Gasteiger partial charge in [0.1, 0.15) is 0 Å². The van der Waals surface area contributed by atoms with Crippen LogP contribution in [0.3, 0.4) is 0 Å². The van der Waals surface area contributed by atoms with Gasteiger partial charge in [-0.2, -0.15) is 0 Å². The van der Waals surface area contributed by atoms with E-state index in [1.807, 2.05) is 42.5 Å². The Morgan fingerprint density at radius 1 is 1.05 bits per heavy atom. The van der Waals surface area contributed by atoms with Crippen molar-refractivity contribution >= 4 is 5.91 Å². The monoisotopic (exact) mass is 251 g/mol. The lowest BCUT2D eigenvalue weighted by Gasteiger charge is -2.12. The van der Waals surface area contributed by atoms with Gasteiger partial charge in [-0.3, -0.25) is 4.79 Å². The Bertz CT molecular complexity index is 577. The van der Waals surface area contributed by atoms with Crippen LogP contribution in [-0.2, 0) is 17.8 Å². The van der Waals surface area contributed by atoms with Crippen molar-refractivity contribution in [3.8, 4) is 0 Å². The second kappa shape index (κ2) is 5.27. The number of benzene rings is 2. The third-order valence-electron chi connectivity index (χ3n) is 3.76. The number of hydrogen-bond acceptors (Lipinski definition) is 1. The van der Waals surface area contributed by atoms with Gasteiger partial charge in [-0.1, -0.05) is 54.6 Å². The summed E-state index contributed by atoms with van der Waals surface area (Å²) < 4.78 is 0. The highest BCUT2D eigenvalue weighted by Crippen LogP contribution is 2.32. The van der Waals surface area contributed by atoms with Crippen molar-refractivity contribution in [2.24, 2.45) is 0 Å². The molecule has 1 amide bonds. The van der Waals surface area contributed by atoms with Crippen LogP contribution in [0.2, 0.25) is 0 Å². The van der Waals surface area contributed by atoms with Gasteiger partial charge < -0.3 is 5.32 Å². The minimum absolute atomic E-state index is 0.0277. The molecule has 3 rings (SSSR count). The molecule has 19 heavy (non-hydrogen) atoms. The van der Waals surface area contributed by atoms with Gasteiger partial charge in [0.2, 0.25) is 5.91 Å². The molecule has 0 spiro atoms. The Kier molecular flexibility index (Phi) is 3.32. The lowest BCUT2D eigenvalue weighted by atomic mass is 10.0. The van der Waals surface area contributed by atoms with Crippen molar-refractivity contribution in [2.75, 3.05) is 0 Å². The molecule has 96 valence electrons. The van der Waals surface area contributed by atoms with E-state index in [2.05, 4.69) is 17.4 Å². The molecule has 0 radical (unpaired) electrons. The number of fused-ring (bicyclic) bond motifs is 1. The van der Waals surface area contributed by atoms with Crippen LogP contribution in [0.4, 0.5) is 0 Å². The van der Waals surface area contributed by atoms with Crippen LogP contribution in [-0.4, -0.2) is 5.91 Å². The van der Waals surface area contributed by atoms with Gasteiger partial charge in [0.05, 0.1) is 5.92 Å². The molecule has 0 fully saturated rings. The Labute approximate surface area is 113 Å². The van der Waals surface area contributed by atoms with Crippen LogP contribution in [0.5, 0.6) is 0 Å². The molecule has 0 aliphatic heterocycles. The number of nitrogens with one attached hydrogen (secondary N) is 1. The summed E-state index contributed by atoms with van der Waals surface area (Å²) in [7, 11) is 0. The molecule has 2 aromatic rings. The lowest BCUT2D eigenvalue weighted by molar-refractivity contribution is -0.122. The third-order valence-corrected chi connectivity index (χ3v) is 3.76. The summed E-state index contributed by atoms with van der Waals surface area (Å²) in [4.78, 5) is 12.3. The Morgan fingerprint density at radius 3 is 2.63 bits per heavy atom. The highest BCUT2D eigenvalue weighted by Gasteiger charge is 2.27. The topological polar surface area (TPSA) is 29.1 Å². The molecule has 2 aromatic carbocycles. The number of carbonyl (C=O) groups excluding carboxylic acids is 1. The van der Waals surface area contributed by atoms with Crippen LogP contribution in [0.1, 0.15) is 29.0 Å². The van der Waals surface area contributed by atoms with Crippen molar-refractivity contribution in [1.29, 1.82) is 0 Å². The van der Waals surface area contributed by atoms with Crippen LogP contribution < -0.4 is 5.32 Å².